The molecule has 0 radical (unpaired) electrons. The molecule has 0 heterocycles. The lowest BCUT2D eigenvalue weighted by molar-refractivity contribution is -0.178. The molecule has 0 aromatic carbocycles. The fourth-order valence-corrected chi connectivity index (χ4v) is 6.48. The predicted molar refractivity (Wildman–Crippen MR) is 89.4 cm³/mol. The van der Waals surface area contributed by atoms with Crippen LogP contribution in [0.15, 0.2) is 0 Å². The first-order chi connectivity index (χ1) is 10.2. The molecule has 1 spiro atoms. The molecular weight excluding hydrogens is 272 g/mol. The Balaban J connectivity index is 1.88. The van der Waals surface area contributed by atoms with Crippen molar-refractivity contribution in [2.24, 2.45) is 34.5 Å². The molecule has 2 heteroatoms. The van der Waals surface area contributed by atoms with Gasteiger partial charge in [0.2, 0.25) is 0 Å². The predicted octanol–water partition coefficient (Wildman–Crippen LogP) is 5.21. The Morgan fingerprint density at radius 1 is 1.18 bits per heavy atom. The van der Waals surface area contributed by atoms with Crippen molar-refractivity contribution in [1.29, 1.82) is 0 Å². The number of carbonyl (C=O) groups is 1. The highest BCUT2D eigenvalue weighted by atomic mass is 16.6. The molecule has 0 aromatic rings. The Morgan fingerprint density at radius 3 is 2.50 bits per heavy atom. The summed E-state index contributed by atoms with van der Waals surface area (Å²) in [5.74, 6) is 2.23. The second-order valence-corrected chi connectivity index (χ2v) is 9.39. The third-order valence-electron chi connectivity index (χ3n) is 8.12. The zero-order valence-corrected chi connectivity index (χ0v) is 15.4. The minimum atomic E-state index is -0.251. The van der Waals surface area contributed by atoms with Crippen molar-refractivity contribution >= 4 is 5.97 Å². The van der Waals surface area contributed by atoms with Gasteiger partial charge in [0.1, 0.15) is 5.60 Å². The smallest absolute Gasteiger partial charge is 0.309 e. The SMILES string of the molecule is CCC(C)C(=O)O[C@]1(C)CCC23CC1C(C)(C)C2CC[C@H]3C. The highest BCUT2D eigenvalue weighted by molar-refractivity contribution is 5.72. The van der Waals surface area contributed by atoms with Gasteiger partial charge >= 0.3 is 5.97 Å². The van der Waals surface area contributed by atoms with Gasteiger partial charge in [-0.3, -0.25) is 4.79 Å². The van der Waals surface area contributed by atoms with E-state index in [0.717, 1.165) is 24.7 Å². The molecule has 3 saturated carbocycles. The molecule has 3 rings (SSSR count). The third kappa shape index (κ3) is 2.01. The van der Waals surface area contributed by atoms with Crippen LogP contribution in [-0.2, 0) is 9.53 Å². The first-order valence-electron chi connectivity index (χ1n) is 9.40. The van der Waals surface area contributed by atoms with Crippen LogP contribution >= 0.6 is 0 Å². The van der Waals surface area contributed by atoms with Gasteiger partial charge in [-0.1, -0.05) is 34.6 Å². The first kappa shape index (κ1) is 16.3. The fourth-order valence-electron chi connectivity index (χ4n) is 6.48. The Bertz CT molecular complexity index is 468. The van der Waals surface area contributed by atoms with E-state index < -0.39 is 0 Å². The number of fused-ring (bicyclic) bond motifs is 1. The largest absolute Gasteiger partial charge is 0.459 e. The molecule has 126 valence electrons. The topological polar surface area (TPSA) is 26.3 Å². The highest BCUT2D eigenvalue weighted by Gasteiger charge is 2.68. The van der Waals surface area contributed by atoms with Gasteiger partial charge in [-0.05, 0) is 68.1 Å². The lowest BCUT2D eigenvalue weighted by Gasteiger charge is -2.47. The number of hydrogen-bond donors (Lipinski definition) is 0. The number of rotatable bonds is 3. The van der Waals surface area contributed by atoms with Crippen LogP contribution in [0.5, 0.6) is 0 Å². The number of carbonyl (C=O) groups excluding carboxylic acids is 1. The molecule has 0 saturated heterocycles. The van der Waals surface area contributed by atoms with E-state index in [1.165, 1.54) is 25.7 Å². The van der Waals surface area contributed by atoms with E-state index >= 15 is 0 Å². The monoisotopic (exact) mass is 306 g/mol. The summed E-state index contributed by atoms with van der Waals surface area (Å²) in [4.78, 5) is 12.4. The molecule has 2 bridgehead atoms. The van der Waals surface area contributed by atoms with Crippen molar-refractivity contribution in [2.75, 3.05) is 0 Å². The summed E-state index contributed by atoms with van der Waals surface area (Å²) in [5, 5.41) is 0. The molecule has 3 aliphatic carbocycles. The van der Waals surface area contributed by atoms with Crippen LogP contribution in [0.4, 0.5) is 0 Å². The fraction of sp³-hybridized carbons (Fsp3) is 0.950. The summed E-state index contributed by atoms with van der Waals surface area (Å²) in [6.45, 7) is 13.6. The molecule has 22 heavy (non-hydrogen) atoms. The Morgan fingerprint density at radius 2 is 1.86 bits per heavy atom. The van der Waals surface area contributed by atoms with Crippen LogP contribution in [-0.4, -0.2) is 11.6 Å². The van der Waals surface area contributed by atoms with E-state index in [2.05, 4.69) is 34.6 Å². The highest BCUT2D eigenvalue weighted by Crippen LogP contribution is 2.73. The minimum Gasteiger partial charge on any atom is -0.459 e. The number of esters is 1. The van der Waals surface area contributed by atoms with Crippen LogP contribution < -0.4 is 0 Å². The van der Waals surface area contributed by atoms with Crippen LogP contribution in [0.25, 0.3) is 0 Å². The van der Waals surface area contributed by atoms with Crippen molar-refractivity contribution < 1.29 is 9.53 Å². The molecule has 3 aliphatic rings. The summed E-state index contributed by atoms with van der Waals surface area (Å²) < 4.78 is 6.16. The maximum absolute atomic E-state index is 12.4. The van der Waals surface area contributed by atoms with Gasteiger partial charge in [0.25, 0.3) is 0 Å². The van der Waals surface area contributed by atoms with Crippen LogP contribution in [0.2, 0.25) is 0 Å². The lowest BCUT2D eigenvalue weighted by atomic mass is 9.64. The van der Waals surface area contributed by atoms with Crippen LogP contribution in [0.3, 0.4) is 0 Å². The second kappa shape index (κ2) is 4.98. The summed E-state index contributed by atoms with van der Waals surface area (Å²) in [5.41, 5.74) is 0.585. The van der Waals surface area contributed by atoms with Gasteiger partial charge in [-0.15, -0.1) is 0 Å². The molecule has 3 fully saturated rings. The standard InChI is InChI=1S/C20H34O2/c1-7-13(2)17(21)22-19(6)10-11-20-12-16(19)18(4,5)15(20)9-8-14(20)3/h13-16H,7-12H2,1-6H3/t13?,14-,15?,16?,19-,20?/m1/s1. The molecule has 0 amide bonds. The van der Waals surface area contributed by atoms with E-state index in [1.807, 2.05) is 6.92 Å². The Kier molecular flexibility index (Phi) is 3.70. The van der Waals surface area contributed by atoms with Gasteiger partial charge in [-0.2, -0.15) is 0 Å². The lowest BCUT2D eigenvalue weighted by Crippen LogP contribution is -2.48. The summed E-state index contributed by atoms with van der Waals surface area (Å²) in [6, 6.07) is 0. The second-order valence-electron chi connectivity index (χ2n) is 9.39. The maximum Gasteiger partial charge on any atom is 0.309 e. The Hall–Kier alpha value is -0.530. The molecule has 2 nitrogen and oxygen atoms in total. The summed E-state index contributed by atoms with van der Waals surface area (Å²) >= 11 is 0. The average molecular weight is 306 g/mol. The van der Waals surface area contributed by atoms with Gasteiger partial charge in [0, 0.05) is 5.92 Å². The summed E-state index contributed by atoms with van der Waals surface area (Å²) in [6.07, 6.45) is 7.22. The maximum atomic E-state index is 12.4. The van der Waals surface area contributed by atoms with Crippen LogP contribution in [0.1, 0.15) is 80.1 Å². The zero-order chi connectivity index (χ0) is 16.3. The minimum absolute atomic E-state index is 0.0156. The van der Waals surface area contributed by atoms with Gasteiger partial charge in [0.05, 0.1) is 5.92 Å². The first-order valence-corrected chi connectivity index (χ1v) is 9.40. The van der Waals surface area contributed by atoms with Crippen molar-refractivity contribution in [1.82, 2.24) is 0 Å². The number of ether oxygens (including phenoxy) is 1. The average Bonchev–Trinajstić information content (AvgIpc) is 2.88. The van der Waals surface area contributed by atoms with Gasteiger partial charge < -0.3 is 4.74 Å². The van der Waals surface area contributed by atoms with E-state index in [1.54, 1.807) is 0 Å². The molecule has 0 aromatic heterocycles. The van der Waals surface area contributed by atoms with Crippen molar-refractivity contribution in [3.8, 4) is 0 Å². The van der Waals surface area contributed by atoms with E-state index in [-0.39, 0.29) is 17.5 Å². The molecule has 0 aliphatic heterocycles. The van der Waals surface area contributed by atoms with Crippen molar-refractivity contribution in [3.05, 3.63) is 0 Å². The van der Waals surface area contributed by atoms with E-state index in [9.17, 15) is 4.79 Å². The molecule has 4 unspecified atom stereocenters. The number of hydrogen-bond acceptors (Lipinski definition) is 2. The molecular formula is C20H34O2. The molecule has 6 atom stereocenters. The van der Waals surface area contributed by atoms with E-state index in [4.69, 9.17) is 4.74 Å². The Labute approximate surface area is 136 Å². The summed E-state index contributed by atoms with van der Waals surface area (Å²) in [7, 11) is 0. The molecule has 0 N–H and O–H groups in total. The zero-order valence-electron chi connectivity index (χ0n) is 15.4. The van der Waals surface area contributed by atoms with Crippen molar-refractivity contribution in [2.45, 2.75) is 85.7 Å². The van der Waals surface area contributed by atoms with E-state index in [0.29, 0.717) is 16.7 Å². The normalized spacial score (nSPS) is 47.1. The third-order valence-corrected chi connectivity index (χ3v) is 8.12. The van der Waals surface area contributed by atoms with Crippen molar-refractivity contribution in [3.63, 3.8) is 0 Å². The van der Waals surface area contributed by atoms with Gasteiger partial charge in [-0.25, -0.2) is 0 Å². The quantitative estimate of drug-likeness (QED) is 0.669. The van der Waals surface area contributed by atoms with Gasteiger partial charge in [0.15, 0.2) is 0 Å². The van der Waals surface area contributed by atoms with Crippen LogP contribution in [0, 0.1) is 34.5 Å².